The highest BCUT2D eigenvalue weighted by molar-refractivity contribution is 7.89. The summed E-state index contributed by atoms with van der Waals surface area (Å²) >= 11 is 0. The summed E-state index contributed by atoms with van der Waals surface area (Å²) in [7, 11) is -2.33. The Balaban J connectivity index is 1.88. The number of benzene rings is 2. The summed E-state index contributed by atoms with van der Waals surface area (Å²) in [4.78, 5) is 21.9. The maximum Gasteiger partial charge on any atom is 0.269 e. The summed E-state index contributed by atoms with van der Waals surface area (Å²) in [6.45, 7) is 0.0390. The maximum absolute atomic E-state index is 12.1. The fourth-order valence-electron chi connectivity index (χ4n) is 2.06. The molecule has 0 saturated carbocycles. The Labute approximate surface area is 150 Å². The molecule has 0 saturated heterocycles. The van der Waals surface area contributed by atoms with Gasteiger partial charge in [0.2, 0.25) is 10.0 Å². The summed E-state index contributed by atoms with van der Waals surface area (Å²) in [6, 6.07) is 11.1. The van der Waals surface area contributed by atoms with Gasteiger partial charge in [-0.2, -0.15) is 0 Å². The zero-order valence-electron chi connectivity index (χ0n) is 13.8. The average molecular weight is 379 g/mol. The van der Waals surface area contributed by atoms with Gasteiger partial charge in [-0.3, -0.25) is 14.9 Å². The second kappa shape index (κ2) is 8.41. The van der Waals surface area contributed by atoms with Crippen molar-refractivity contribution in [1.29, 1.82) is 0 Å². The molecule has 26 heavy (non-hydrogen) atoms. The molecule has 0 aromatic heterocycles. The second-order valence-electron chi connectivity index (χ2n) is 5.14. The number of hydrogen-bond donors (Lipinski definition) is 2. The first kappa shape index (κ1) is 19.3. The third-order valence-electron chi connectivity index (χ3n) is 3.39. The van der Waals surface area contributed by atoms with E-state index < -0.39 is 14.9 Å². The molecule has 1 amide bonds. The van der Waals surface area contributed by atoms with Crippen molar-refractivity contribution < 1.29 is 22.9 Å². The van der Waals surface area contributed by atoms with Crippen molar-refractivity contribution in [2.24, 2.45) is 0 Å². The third-order valence-corrected chi connectivity index (χ3v) is 4.87. The summed E-state index contributed by atoms with van der Waals surface area (Å²) in [5.41, 5.74) is 0.192. The Kier molecular flexibility index (Phi) is 6.26. The van der Waals surface area contributed by atoms with Crippen LogP contribution in [0.15, 0.2) is 53.4 Å². The lowest BCUT2D eigenvalue weighted by molar-refractivity contribution is -0.384. The molecule has 0 fully saturated rings. The predicted molar refractivity (Wildman–Crippen MR) is 93.6 cm³/mol. The van der Waals surface area contributed by atoms with E-state index in [2.05, 4.69) is 10.0 Å². The van der Waals surface area contributed by atoms with E-state index in [1.165, 1.54) is 7.11 Å². The molecule has 2 aromatic rings. The molecule has 10 heteroatoms. The first-order valence-electron chi connectivity index (χ1n) is 7.50. The molecular weight excluding hydrogens is 362 g/mol. The molecule has 0 spiro atoms. The van der Waals surface area contributed by atoms with Gasteiger partial charge in [-0.05, 0) is 30.3 Å². The normalized spacial score (nSPS) is 11.0. The SMILES string of the molecule is COc1cccc(C(=O)NCCNS(=O)(=O)c2ccc([N+](=O)[O-])cc2)c1. The fraction of sp³-hybridized carbons (Fsp3) is 0.188. The second-order valence-corrected chi connectivity index (χ2v) is 6.90. The van der Waals surface area contributed by atoms with E-state index in [9.17, 15) is 23.3 Å². The number of amides is 1. The zero-order valence-corrected chi connectivity index (χ0v) is 14.7. The van der Waals surface area contributed by atoms with Crippen molar-refractivity contribution in [3.8, 4) is 5.75 Å². The molecule has 0 heterocycles. The van der Waals surface area contributed by atoms with Crippen molar-refractivity contribution in [2.45, 2.75) is 4.90 Å². The Bertz CT molecular complexity index is 896. The van der Waals surface area contributed by atoms with Gasteiger partial charge in [-0.1, -0.05) is 6.07 Å². The maximum atomic E-state index is 12.1. The number of nitrogens with zero attached hydrogens (tertiary/aromatic N) is 1. The molecule has 0 unspecified atom stereocenters. The number of hydrogen-bond acceptors (Lipinski definition) is 6. The minimum absolute atomic E-state index is 0.0327. The van der Waals surface area contributed by atoms with Crippen LogP contribution in [0.1, 0.15) is 10.4 Å². The van der Waals surface area contributed by atoms with Gasteiger partial charge in [-0.25, -0.2) is 13.1 Å². The first-order valence-corrected chi connectivity index (χ1v) is 8.98. The number of carbonyl (C=O) groups excluding carboxylic acids is 1. The Hall–Kier alpha value is -2.98. The van der Waals surface area contributed by atoms with Crippen molar-refractivity contribution in [3.63, 3.8) is 0 Å². The van der Waals surface area contributed by atoms with Gasteiger partial charge in [0.1, 0.15) is 5.75 Å². The molecular formula is C16H17N3O6S. The summed E-state index contributed by atoms with van der Waals surface area (Å²) in [5, 5.41) is 13.2. The fourth-order valence-corrected chi connectivity index (χ4v) is 3.09. The summed E-state index contributed by atoms with van der Waals surface area (Å²) in [5.74, 6) is 0.176. The first-order chi connectivity index (χ1) is 12.3. The number of nitro benzene ring substituents is 1. The van der Waals surface area contributed by atoms with Crippen LogP contribution < -0.4 is 14.8 Å². The average Bonchev–Trinajstić information content (AvgIpc) is 2.65. The Morgan fingerprint density at radius 2 is 1.85 bits per heavy atom. The smallest absolute Gasteiger partial charge is 0.269 e. The van der Waals surface area contributed by atoms with Crippen LogP contribution in [0.5, 0.6) is 5.75 Å². The molecule has 0 radical (unpaired) electrons. The Morgan fingerprint density at radius 1 is 1.15 bits per heavy atom. The van der Waals surface area contributed by atoms with E-state index in [4.69, 9.17) is 4.74 Å². The number of ether oxygens (including phenoxy) is 1. The minimum Gasteiger partial charge on any atom is -0.497 e. The van der Waals surface area contributed by atoms with E-state index in [0.717, 1.165) is 24.3 Å². The summed E-state index contributed by atoms with van der Waals surface area (Å²) < 4.78 is 31.6. The highest BCUT2D eigenvalue weighted by Crippen LogP contribution is 2.15. The van der Waals surface area contributed by atoms with E-state index in [-0.39, 0.29) is 29.6 Å². The number of rotatable bonds is 8. The van der Waals surface area contributed by atoms with Gasteiger partial charge in [0.15, 0.2) is 0 Å². The standard InChI is InChI=1S/C16H17N3O6S/c1-25-14-4-2-3-12(11-14)16(20)17-9-10-18-26(23,24)15-7-5-13(6-8-15)19(21)22/h2-8,11,18H,9-10H2,1H3,(H,17,20). The molecule has 2 aromatic carbocycles. The van der Waals surface area contributed by atoms with Gasteiger partial charge < -0.3 is 10.1 Å². The van der Waals surface area contributed by atoms with Crippen molar-refractivity contribution in [3.05, 3.63) is 64.2 Å². The van der Waals surface area contributed by atoms with Gasteiger partial charge in [0.25, 0.3) is 11.6 Å². The number of sulfonamides is 1. The quantitative estimate of drug-likeness (QED) is 0.404. The van der Waals surface area contributed by atoms with Crippen LogP contribution in [0.2, 0.25) is 0 Å². The van der Waals surface area contributed by atoms with E-state index >= 15 is 0 Å². The van der Waals surface area contributed by atoms with Crippen LogP contribution in [-0.4, -0.2) is 39.4 Å². The number of carbonyl (C=O) groups is 1. The van der Waals surface area contributed by atoms with Crippen LogP contribution in [-0.2, 0) is 10.0 Å². The molecule has 0 aliphatic rings. The lowest BCUT2D eigenvalue weighted by Crippen LogP contribution is -2.34. The van der Waals surface area contributed by atoms with Crippen LogP contribution >= 0.6 is 0 Å². The highest BCUT2D eigenvalue weighted by atomic mass is 32.2. The molecule has 0 atom stereocenters. The number of nitro groups is 1. The van der Waals surface area contributed by atoms with Crippen molar-refractivity contribution in [1.82, 2.24) is 10.0 Å². The minimum atomic E-state index is -3.82. The number of methoxy groups -OCH3 is 1. The third kappa shape index (κ3) is 5.01. The molecule has 0 aliphatic carbocycles. The van der Waals surface area contributed by atoms with Gasteiger partial charge >= 0.3 is 0 Å². The van der Waals surface area contributed by atoms with E-state index in [1.54, 1.807) is 24.3 Å². The van der Waals surface area contributed by atoms with Crippen LogP contribution in [0.25, 0.3) is 0 Å². The van der Waals surface area contributed by atoms with Gasteiger partial charge in [-0.15, -0.1) is 0 Å². The number of non-ortho nitro benzene ring substituents is 1. The molecule has 9 nitrogen and oxygen atoms in total. The lowest BCUT2D eigenvalue weighted by atomic mass is 10.2. The van der Waals surface area contributed by atoms with Gasteiger partial charge in [0.05, 0.1) is 16.9 Å². The predicted octanol–water partition coefficient (Wildman–Crippen LogP) is 1.31. The topological polar surface area (TPSA) is 128 Å². The Morgan fingerprint density at radius 3 is 2.46 bits per heavy atom. The van der Waals surface area contributed by atoms with Crippen LogP contribution in [0, 0.1) is 10.1 Å². The summed E-state index contributed by atoms with van der Waals surface area (Å²) in [6.07, 6.45) is 0. The largest absolute Gasteiger partial charge is 0.497 e. The van der Waals surface area contributed by atoms with Crippen molar-refractivity contribution >= 4 is 21.6 Å². The van der Waals surface area contributed by atoms with Crippen molar-refractivity contribution in [2.75, 3.05) is 20.2 Å². The van der Waals surface area contributed by atoms with Crippen LogP contribution in [0.3, 0.4) is 0 Å². The molecule has 2 rings (SSSR count). The molecule has 2 N–H and O–H groups in total. The molecule has 138 valence electrons. The number of nitrogens with one attached hydrogen (secondary N) is 2. The molecule has 0 bridgehead atoms. The monoisotopic (exact) mass is 379 g/mol. The zero-order chi connectivity index (χ0) is 19.2. The molecule has 0 aliphatic heterocycles. The lowest BCUT2D eigenvalue weighted by Gasteiger charge is -2.09. The van der Waals surface area contributed by atoms with E-state index in [0.29, 0.717) is 11.3 Å². The highest BCUT2D eigenvalue weighted by Gasteiger charge is 2.15. The van der Waals surface area contributed by atoms with E-state index in [1.807, 2.05) is 0 Å². The van der Waals surface area contributed by atoms with Crippen LogP contribution in [0.4, 0.5) is 5.69 Å². The van der Waals surface area contributed by atoms with Gasteiger partial charge in [0, 0.05) is 30.8 Å².